The number of aryl methyl sites for hydroxylation is 1. The Morgan fingerprint density at radius 2 is 2.04 bits per heavy atom. The lowest BCUT2D eigenvalue weighted by molar-refractivity contribution is 0.101. The number of aliphatic hydroxyl groups is 1. The fraction of sp³-hybridized carbons (Fsp3) is 0.381. The Morgan fingerprint density at radius 1 is 1.27 bits per heavy atom. The standard InChI is InChI=1S/C21H24FN3O/c1-21(2,23)20(26)19-16-12-14(22)10-11-18(16)25(24-19)17-9-5-7-13-6-3-4-8-15(13)17/h3-4,6,8,10-12,17,20,26H,5,7,9,23H2,1-2H3. The summed E-state index contributed by atoms with van der Waals surface area (Å²) in [5.74, 6) is -0.343. The summed E-state index contributed by atoms with van der Waals surface area (Å²) < 4.78 is 15.9. The van der Waals surface area contributed by atoms with Crippen LogP contribution in [0.25, 0.3) is 10.9 Å². The zero-order valence-corrected chi connectivity index (χ0v) is 15.1. The highest BCUT2D eigenvalue weighted by molar-refractivity contribution is 5.83. The van der Waals surface area contributed by atoms with E-state index in [4.69, 9.17) is 10.8 Å². The highest BCUT2D eigenvalue weighted by Gasteiger charge is 2.31. The Bertz CT molecular complexity index is 958. The highest BCUT2D eigenvalue weighted by atomic mass is 19.1. The van der Waals surface area contributed by atoms with Crippen LogP contribution in [0, 0.1) is 5.82 Å². The molecule has 4 nitrogen and oxygen atoms in total. The number of halogens is 1. The van der Waals surface area contributed by atoms with Gasteiger partial charge in [-0.1, -0.05) is 24.3 Å². The molecule has 5 heteroatoms. The van der Waals surface area contributed by atoms with Crippen LogP contribution in [0.15, 0.2) is 42.5 Å². The molecule has 0 spiro atoms. The largest absolute Gasteiger partial charge is 0.385 e. The van der Waals surface area contributed by atoms with E-state index in [1.807, 2.05) is 10.7 Å². The first kappa shape index (κ1) is 17.2. The van der Waals surface area contributed by atoms with Gasteiger partial charge in [0.25, 0.3) is 0 Å². The van der Waals surface area contributed by atoms with Crippen molar-refractivity contribution >= 4 is 10.9 Å². The van der Waals surface area contributed by atoms with Crippen molar-refractivity contribution in [1.82, 2.24) is 9.78 Å². The molecule has 3 N–H and O–H groups in total. The molecule has 136 valence electrons. The van der Waals surface area contributed by atoms with Gasteiger partial charge in [0.2, 0.25) is 0 Å². The first-order valence-electron chi connectivity index (χ1n) is 9.08. The van der Waals surface area contributed by atoms with Gasteiger partial charge in [-0.05, 0) is 62.4 Å². The monoisotopic (exact) mass is 353 g/mol. The van der Waals surface area contributed by atoms with E-state index in [0.29, 0.717) is 11.1 Å². The van der Waals surface area contributed by atoms with Crippen molar-refractivity contribution in [3.05, 3.63) is 65.1 Å². The molecule has 4 rings (SSSR count). The summed E-state index contributed by atoms with van der Waals surface area (Å²) in [7, 11) is 0. The normalized spacial score (nSPS) is 18.7. The van der Waals surface area contributed by atoms with Gasteiger partial charge in [-0.25, -0.2) is 4.39 Å². The Labute approximate surface area is 152 Å². The van der Waals surface area contributed by atoms with Gasteiger partial charge in [0.05, 0.1) is 11.6 Å². The second kappa shape index (κ2) is 6.18. The Kier molecular flexibility index (Phi) is 4.09. The van der Waals surface area contributed by atoms with Crippen LogP contribution in [0.1, 0.15) is 55.7 Å². The number of nitrogens with zero attached hydrogens (tertiary/aromatic N) is 2. The lowest BCUT2D eigenvalue weighted by Crippen LogP contribution is -2.39. The number of fused-ring (bicyclic) bond motifs is 2. The Hall–Kier alpha value is -2.24. The van der Waals surface area contributed by atoms with Crippen molar-refractivity contribution in [2.75, 3.05) is 0 Å². The van der Waals surface area contributed by atoms with E-state index in [9.17, 15) is 9.50 Å². The van der Waals surface area contributed by atoms with Gasteiger partial charge in [-0.15, -0.1) is 0 Å². The molecule has 1 aliphatic carbocycles. The molecule has 0 saturated heterocycles. The second-order valence-corrected chi connectivity index (χ2v) is 7.82. The van der Waals surface area contributed by atoms with Crippen LogP contribution in [0.5, 0.6) is 0 Å². The van der Waals surface area contributed by atoms with Crippen molar-refractivity contribution in [2.45, 2.75) is 50.8 Å². The molecule has 26 heavy (non-hydrogen) atoms. The van der Waals surface area contributed by atoms with Crippen LogP contribution in [-0.4, -0.2) is 20.4 Å². The maximum Gasteiger partial charge on any atom is 0.124 e. The molecule has 1 heterocycles. The van der Waals surface area contributed by atoms with E-state index >= 15 is 0 Å². The molecule has 0 aliphatic heterocycles. The van der Waals surface area contributed by atoms with E-state index in [1.165, 1.54) is 23.3 Å². The molecule has 0 saturated carbocycles. The Morgan fingerprint density at radius 3 is 2.81 bits per heavy atom. The van der Waals surface area contributed by atoms with Crippen molar-refractivity contribution in [2.24, 2.45) is 5.73 Å². The minimum atomic E-state index is -0.980. The number of aromatic nitrogens is 2. The molecule has 2 unspecified atom stereocenters. The van der Waals surface area contributed by atoms with Gasteiger partial charge < -0.3 is 10.8 Å². The van der Waals surface area contributed by atoms with E-state index in [-0.39, 0.29) is 11.9 Å². The second-order valence-electron chi connectivity index (χ2n) is 7.82. The van der Waals surface area contributed by atoms with Crippen molar-refractivity contribution in [3.63, 3.8) is 0 Å². The number of benzene rings is 2. The average Bonchev–Trinajstić information content (AvgIpc) is 2.98. The van der Waals surface area contributed by atoms with Crippen molar-refractivity contribution < 1.29 is 9.50 Å². The first-order chi connectivity index (χ1) is 12.4. The van der Waals surface area contributed by atoms with Gasteiger partial charge >= 0.3 is 0 Å². The van der Waals surface area contributed by atoms with E-state index in [2.05, 4.69) is 18.2 Å². The van der Waals surface area contributed by atoms with E-state index in [1.54, 1.807) is 19.9 Å². The summed E-state index contributed by atoms with van der Waals surface area (Å²) in [6.45, 7) is 3.50. The maximum atomic E-state index is 13.9. The number of hydrogen-bond donors (Lipinski definition) is 2. The summed E-state index contributed by atoms with van der Waals surface area (Å²) in [6.07, 6.45) is 2.12. The van der Waals surface area contributed by atoms with Gasteiger partial charge in [-0.3, -0.25) is 4.68 Å². The summed E-state index contributed by atoms with van der Waals surface area (Å²) in [5, 5.41) is 16.1. The fourth-order valence-corrected chi connectivity index (χ4v) is 3.91. The van der Waals surface area contributed by atoms with Crippen LogP contribution < -0.4 is 5.73 Å². The number of rotatable bonds is 3. The smallest absolute Gasteiger partial charge is 0.124 e. The third kappa shape index (κ3) is 2.81. The molecule has 0 amide bonds. The third-order valence-electron chi connectivity index (χ3n) is 5.29. The molecular formula is C21H24FN3O. The van der Waals surface area contributed by atoms with Gasteiger partial charge in [0.1, 0.15) is 17.6 Å². The topological polar surface area (TPSA) is 64.1 Å². The number of hydrogen-bond acceptors (Lipinski definition) is 3. The predicted octanol–water partition coefficient (Wildman–Crippen LogP) is 3.87. The van der Waals surface area contributed by atoms with Gasteiger partial charge in [0, 0.05) is 10.9 Å². The molecule has 0 bridgehead atoms. The zero-order chi connectivity index (χ0) is 18.5. The summed E-state index contributed by atoms with van der Waals surface area (Å²) in [6, 6.07) is 13.1. The van der Waals surface area contributed by atoms with E-state index in [0.717, 1.165) is 24.8 Å². The molecule has 2 aromatic carbocycles. The van der Waals surface area contributed by atoms with Crippen LogP contribution >= 0.6 is 0 Å². The molecular weight excluding hydrogens is 329 g/mol. The lowest BCUT2D eigenvalue weighted by atomic mass is 9.88. The molecule has 1 aliphatic rings. The summed E-state index contributed by atoms with van der Waals surface area (Å²) in [5.41, 5.74) is 9.08. The summed E-state index contributed by atoms with van der Waals surface area (Å²) >= 11 is 0. The van der Waals surface area contributed by atoms with Crippen molar-refractivity contribution in [1.29, 1.82) is 0 Å². The van der Waals surface area contributed by atoms with E-state index < -0.39 is 11.6 Å². The quantitative estimate of drug-likeness (QED) is 0.751. The molecule has 0 radical (unpaired) electrons. The van der Waals surface area contributed by atoms with Crippen LogP contribution in [0.4, 0.5) is 4.39 Å². The van der Waals surface area contributed by atoms with Crippen LogP contribution in [0.2, 0.25) is 0 Å². The van der Waals surface area contributed by atoms with Gasteiger partial charge in [0.15, 0.2) is 0 Å². The van der Waals surface area contributed by atoms with Crippen LogP contribution in [-0.2, 0) is 6.42 Å². The molecule has 1 aromatic heterocycles. The lowest BCUT2D eigenvalue weighted by Gasteiger charge is -2.27. The highest BCUT2D eigenvalue weighted by Crippen LogP contribution is 2.37. The minimum Gasteiger partial charge on any atom is -0.385 e. The molecule has 0 fully saturated rings. The Balaban J connectivity index is 1.92. The summed E-state index contributed by atoms with van der Waals surface area (Å²) in [4.78, 5) is 0. The molecule has 2 atom stereocenters. The SMILES string of the molecule is CC(C)(N)C(O)c1nn(C2CCCc3ccccc32)c2ccc(F)cc12. The minimum absolute atomic E-state index is 0.0785. The number of aliphatic hydroxyl groups excluding tert-OH is 1. The van der Waals surface area contributed by atoms with Crippen LogP contribution in [0.3, 0.4) is 0 Å². The first-order valence-corrected chi connectivity index (χ1v) is 9.08. The zero-order valence-electron chi connectivity index (χ0n) is 15.1. The fourth-order valence-electron chi connectivity index (χ4n) is 3.91. The molecule has 3 aromatic rings. The average molecular weight is 353 g/mol. The number of nitrogens with two attached hydrogens (primary N) is 1. The van der Waals surface area contributed by atoms with Gasteiger partial charge in [-0.2, -0.15) is 5.10 Å². The van der Waals surface area contributed by atoms with Crippen molar-refractivity contribution in [3.8, 4) is 0 Å². The predicted molar refractivity (Wildman–Crippen MR) is 100 cm³/mol. The maximum absolute atomic E-state index is 13.9. The third-order valence-corrected chi connectivity index (χ3v) is 5.29.